The molecule has 0 aromatic rings. The van der Waals surface area contributed by atoms with Crippen LogP contribution < -0.4 is 18.9 Å². The van der Waals surface area contributed by atoms with Gasteiger partial charge in [-0.2, -0.15) is 0 Å². The van der Waals surface area contributed by atoms with Crippen molar-refractivity contribution in [2.24, 2.45) is 0 Å². The number of hydrogen-bond acceptors (Lipinski definition) is 7. The van der Waals surface area contributed by atoms with Gasteiger partial charge in [0.1, 0.15) is 10.1 Å². The molecule has 1 unspecified atom stereocenters. The largest absolute Gasteiger partial charge is 1.00 e. The van der Waals surface area contributed by atoms with Crippen LogP contribution in [0.15, 0.2) is 0 Å². The molecule has 0 spiro atoms. The van der Waals surface area contributed by atoms with Gasteiger partial charge in [-0.05, 0) is 12.8 Å². The maximum absolute atomic E-state index is 12.1. The Morgan fingerprint density at radius 2 is 0.919 bits per heavy atom. The molecule has 0 aliphatic rings. The molecule has 0 radical (unpaired) electrons. The maximum Gasteiger partial charge on any atom is 1.00 e. The van der Waals surface area contributed by atoms with Gasteiger partial charge in [-0.25, -0.2) is 8.42 Å². The molecular formula is C28H53LiO7S. The zero-order chi connectivity index (χ0) is 26.9. The second-order valence-corrected chi connectivity index (χ2v) is 11.5. The number of rotatable bonds is 26. The Balaban J connectivity index is 0. The smallest absolute Gasteiger partial charge is 0.747 e. The zero-order valence-corrected chi connectivity index (χ0v) is 24.9. The Morgan fingerprint density at radius 1 is 0.595 bits per heavy atom. The Morgan fingerprint density at radius 3 is 1.27 bits per heavy atom. The third kappa shape index (κ3) is 25.5. The predicted octanol–water partition coefficient (Wildman–Crippen LogP) is 4.22. The van der Waals surface area contributed by atoms with Crippen LogP contribution in [-0.4, -0.2) is 43.4 Å². The van der Waals surface area contributed by atoms with E-state index < -0.39 is 33.7 Å². The summed E-state index contributed by atoms with van der Waals surface area (Å²) in [5.41, 5.74) is 0. The fourth-order valence-corrected chi connectivity index (χ4v) is 4.79. The Kier molecular flexibility index (Phi) is 28.2. The molecule has 7 nitrogen and oxygen atoms in total. The van der Waals surface area contributed by atoms with Crippen LogP contribution in [0.4, 0.5) is 0 Å². The fraction of sp³-hybridized carbons (Fsp3) is 0.929. The average Bonchev–Trinajstić information content (AvgIpc) is 2.83. The first-order valence-corrected chi connectivity index (χ1v) is 16.1. The van der Waals surface area contributed by atoms with Crippen molar-refractivity contribution in [1.29, 1.82) is 0 Å². The average molecular weight is 541 g/mol. The Bertz CT molecular complexity index is 640. The minimum atomic E-state index is -5.00. The topological polar surface area (TPSA) is 110 Å². The predicted molar refractivity (Wildman–Crippen MR) is 144 cm³/mol. The molecule has 0 saturated carbocycles. The van der Waals surface area contributed by atoms with Crippen molar-refractivity contribution in [2.75, 3.05) is 13.2 Å². The molecule has 0 saturated heterocycles. The van der Waals surface area contributed by atoms with Crippen LogP contribution in [0.1, 0.15) is 149 Å². The number of ether oxygens (including phenoxy) is 2. The van der Waals surface area contributed by atoms with E-state index in [-0.39, 0.29) is 32.1 Å². The van der Waals surface area contributed by atoms with Gasteiger partial charge in [0.2, 0.25) is 0 Å². The van der Waals surface area contributed by atoms with Gasteiger partial charge in [0, 0.05) is 0 Å². The van der Waals surface area contributed by atoms with E-state index >= 15 is 0 Å². The fourth-order valence-electron chi connectivity index (χ4n) is 4.14. The van der Waals surface area contributed by atoms with Crippen molar-refractivity contribution in [2.45, 2.75) is 154 Å². The molecular weight excluding hydrogens is 487 g/mol. The summed E-state index contributed by atoms with van der Waals surface area (Å²) in [7, 11) is -5.00. The van der Waals surface area contributed by atoms with Gasteiger partial charge in [-0.15, -0.1) is 0 Å². The third-order valence-corrected chi connectivity index (χ3v) is 7.52. The summed E-state index contributed by atoms with van der Waals surface area (Å²) in [5, 5.41) is -2.04. The monoisotopic (exact) mass is 540 g/mol. The standard InChI is InChI=1S/C28H54O7S.Li/c1-3-5-7-9-11-13-15-17-19-21-23-34-27(29)25-26(36(31,32)33)28(30)35-24-22-20-18-16-14-12-10-8-6-4-2;/h26H,3-25H2,1-2H3,(H,31,32,33);/q;+1/p-1. The van der Waals surface area contributed by atoms with Gasteiger partial charge in [0.15, 0.2) is 5.25 Å². The van der Waals surface area contributed by atoms with Crippen LogP contribution >= 0.6 is 0 Å². The van der Waals surface area contributed by atoms with E-state index in [0.29, 0.717) is 12.8 Å². The van der Waals surface area contributed by atoms with Gasteiger partial charge in [0.05, 0.1) is 19.6 Å². The second kappa shape index (κ2) is 27.0. The van der Waals surface area contributed by atoms with Crippen molar-refractivity contribution in [3.63, 3.8) is 0 Å². The summed E-state index contributed by atoms with van der Waals surface area (Å²) in [6.07, 6.45) is 21.8. The molecule has 0 N–H and O–H groups in total. The van der Waals surface area contributed by atoms with Crippen molar-refractivity contribution in [1.82, 2.24) is 0 Å². The second-order valence-electron chi connectivity index (χ2n) is 9.94. The van der Waals surface area contributed by atoms with Crippen molar-refractivity contribution >= 4 is 22.1 Å². The first-order chi connectivity index (χ1) is 17.3. The summed E-state index contributed by atoms with van der Waals surface area (Å²) in [5.74, 6) is -2.01. The van der Waals surface area contributed by atoms with E-state index in [2.05, 4.69) is 13.8 Å². The molecule has 0 heterocycles. The van der Waals surface area contributed by atoms with Gasteiger partial charge < -0.3 is 14.0 Å². The molecule has 0 amide bonds. The molecule has 0 rings (SSSR count). The van der Waals surface area contributed by atoms with Crippen molar-refractivity contribution in [3.8, 4) is 0 Å². The number of hydrogen-bond donors (Lipinski definition) is 0. The number of unbranched alkanes of at least 4 members (excludes halogenated alkanes) is 18. The summed E-state index contributed by atoms with van der Waals surface area (Å²) in [4.78, 5) is 24.1. The molecule has 214 valence electrons. The molecule has 0 aromatic carbocycles. The molecule has 0 aliphatic carbocycles. The van der Waals surface area contributed by atoms with Crippen LogP contribution in [0.3, 0.4) is 0 Å². The summed E-state index contributed by atoms with van der Waals surface area (Å²) < 4.78 is 44.6. The summed E-state index contributed by atoms with van der Waals surface area (Å²) in [6, 6.07) is 0. The molecule has 1 atom stereocenters. The van der Waals surface area contributed by atoms with E-state index in [4.69, 9.17) is 9.47 Å². The van der Waals surface area contributed by atoms with Crippen LogP contribution in [0, 0.1) is 0 Å². The molecule has 0 fully saturated rings. The first-order valence-electron chi connectivity index (χ1n) is 14.6. The van der Waals surface area contributed by atoms with Crippen LogP contribution in [-0.2, 0) is 29.2 Å². The minimum absolute atomic E-state index is 0. The number of carbonyl (C=O) groups is 2. The zero-order valence-electron chi connectivity index (χ0n) is 24.1. The van der Waals surface area contributed by atoms with E-state index in [1.54, 1.807) is 0 Å². The van der Waals surface area contributed by atoms with E-state index in [9.17, 15) is 22.6 Å². The van der Waals surface area contributed by atoms with Gasteiger partial charge in [-0.1, -0.05) is 129 Å². The van der Waals surface area contributed by atoms with E-state index in [1.807, 2.05) is 0 Å². The normalized spacial score (nSPS) is 12.1. The van der Waals surface area contributed by atoms with Crippen LogP contribution in [0.5, 0.6) is 0 Å². The van der Waals surface area contributed by atoms with Crippen molar-refractivity contribution < 1.29 is 50.9 Å². The van der Waals surface area contributed by atoms with Gasteiger partial charge in [-0.3, -0.25) is 9.59 Å². The Hall–Kier alpha value is -0.553. The first kappa shape index (κ1) is 38.6. The number of carbonyl (C=O) groups excluding carboxylic acids is 2. The van der Waals surface area contributed by atoms with E-state index in [0.717, 1.165) is 38.5 Å². The molecule has 0 aromatic heterocycles. The SMILES string of the molecule is CCCCCCCCCCCCOC(=O)CC(C(=O)OCCCCCCCCCCCC)S(=O)(=O)[O-].[Li+]. The summed E-state index contributed by atoms with van der Waals surface area (Å²) in [6.45, 7) is 4.62. The molecule has 0 bridgehead atoms. The molecule has 9 heteroatoms. The minimum Gasteiger partial charge on any atom is -0.747 e. The number of esters is 2. The molecule has 37 heavy (non-hydrogen) atoms. The maximum atomic E-state index is 12.1. The quantitative estimate of drug-likeness (QED) is 0.0699. The van der Waals surface area contributed by atoms with Gasteiger partial charge in [0.25, 0.3) is 0 Å². The van der Waals surface area contributed by atoms with Crippen molar-refractivity contribution in [3.05, 3.63) is 0 Å². The third-order valence-electron chi connectivity index (χ3n) is 6.47. The van der Waals surface area contributed by atoms with Crippen LogP contribution in [0.25, 0.3) is 0 Å². The van der Waals surface area contributed by atoms with Crippen LogP contribution in [0.2, 0.25) is 0 Å². The van der Waals surface area contributed by atoms with E-state index in [1.165, 1.54) is 77.0 Å². The summed E-state index contributed by atoms with van der Waals surface area (Å²) >= 11 is 0. The van der Waals surface area contributed by atoms with Gasteiger partial charge >= 0.3 is 30.8 Å². The Labute approximate surface area is 239 Å². The molecule has 0 aliphatic heterocycles.